The fourth-order valence-electron chi connectivity index (χ4n) is 2.15. The van der Waals surface area contributed by atoms with Gasteiger partial charge in [0.25, 0.3) is 0 Å². The van der Waals surface area contributed by atoms with Gasteiger partial charge in [0.1, 0.15) is 18.1 Å². The molecule has 27 heavy (non-hydrogen) atoms. The molecular weight excluding hydrogens is 350 g/mol. The summed E-state index contributed by atoms with van der Waals surface area (Å²) in [6.07, 6.45) is 0.773. The number of hydrogen-bond acceptors (Lipinski definition) is 5. The predicted octanol–water partition coefficient (Wildman–Crippen LogP) is 3.37. The summed E-state index contributed by atoms with van der Waals surface area (Å²) in [5, 5.41) is 20.9. The minimum atomic E-state index is -0.960. The van der Waals surface area contributed by atoms with E-state index in [1.165, 1.54) is 12.1 Å². The van der Waals surface area contributed by atoms with Crippen LogP contribution < -0.4 is 14.8 Å². The molecule has 1 unspecified atom stereocenters. The predicted molar refractivity (Wildman–Crippen MR) is 101 cm³/mol. The molecule has 0 radical (unpaired) electrons. The van der Waals surface area contributed by atoms with E-state index in [-0.39, 0.29) is 12.2 Å². The molecular formula is C20H23NO6. The molecule has 0 aliphatic heterocycles. The number of anilines is 1. The highest BCUT2D eigenvalue weighted by atomic mass is 16.5. The molecule has 7 nitrogen and oxygen atoms in total. The lowest BCUT2D eigenvalue weighted by atomic mass is 10.2. The standard InChI is InChI=1S/C20H23NO6/c1-14(19(22)23)13-27-18-9-5-16(6-10-18)21-11-2-12-26-17-7-3-15(4-8-17)20(24)25/h3-10,14,21H,2,11-13H2,1H3,(H,22,23)(H,24,25). The average molecular weight is 373 g/mol. The second-order valence-corrected chi connectivity index (χ2v) is 6.03. The molecule has 0 saturated carbocycles. The van der Waals surface area contributed by atoms with Crippen molar-refractivity contribution in [2.45, 2.75) is 13.3 Å². The van der Waals surface area contributed by atoms with Crippen LogP contribution in [0.5, 0.6) is 11.5 Å². The van der Waals surface area contributed by atoms with Crippen LogP contribution in [0.2, 0.25) is 0 Å². The monoisotopic (exact) mass is 373 g/mol. The van der Waals surface area contributed by atoms with Crippen molar-refractivity contribution in [2.24, 2.45) is 5.92 Å². The second kappa shape index (κ2) is 10.1. The summed E-state index contributed by atoms with van der Waals surface area (Å²) in [6, 6.07) is 13.6. The lowest BCUT2D eigenvalue weighted by Gasteiger charge is -2.11. The highest BCUT2D eigenvalue weighted by Crippen LogP contribution is 2.17. The van der Waals surface area contributed by atoms with Gasteiger partial charge in [-0.25, -0.2) is 4.79 Å². The molecule has 0 amide bonds. The Kier molecular flexibility index (Phi) is 7.49. The normalized spacial score (nSPS) is 11.4. The Bertz CT molecular complexity index is 742. The van der Waals surface area contributed by atoms with Crippen molar-refractivity contribution in [3.8, 4) is 11.5 Å². The third-order valence-corrected chi connectivity index (χ3v) is 3.80. The van der Waals surface area contributed by atoms with Crippen LogP contribution in [0.4, 0.5) is 5.69 Å². The van der Waals surface area contributed by atoms with E-state index in [0.717, 1.165) is 12.1 Å². The van der Waals surface area contributed by atoms with Crippen molar-refractivity contribution in [1.82, 2.24) is 0 Å². The largest absolute Gasteiger partial charge is 0.494 e. The highest BCUT2D eigenvalue weighted by Gasteiger charge is 2.11. The number of rotatable bonds is 11. The van der Waals surface area contributed by atoms with Crippen LogP contribution >= 0.6 is 0 Å². The van der Waals surface area contributed by atoms with E-state index in [1.54, 1.807) is 31.2 Å². The van der Waals surface area contributed by atoms with Gasteiger partial charge < -0.3 is 25.0 Å². The number of aromatic carboxylic acids is 1. The summed E-state index contributed by atoms with van der Waals surface area (Å²) in [4.78, 5) is 21.5. The van der Waals surface area contributed by atoms with Crippen LogP contribution in [0.15, 0.2) is 48.5 Å². The molecule has 0 fully saturated rings. The molecule has 0 aliphatic carbocycles. The summed E-state index contributed by atoms with van der Waals surface area (Å²) >= 11 is 0. The molecule has 0 saturated heterocycles. The summed E-state index contributed by atoms with van der Waals surface area (Å²) in [7, 11) is 0. The third-order valence-electron chi connectivity index (χ3n) is 3.80. The number of carboxylic acids is 2. The first-order valence-electron chi connectivity index (χ1n) is 8.61. The number of ether oxygens (including phenoxy) is 2. The van der Waals surface area contributed by atoms with Crippen molar-refractivity contribution >= 4 is 17.6 Å². The molecule has 2 aromatic carbocycles. The maximum absolute atomic E-state index is 10.8. The quantitative estimate of drug-likeness (QED) is 0.519. The zero-order valence-electron chi connectivity index (χ0n) is 15.1. The summed E-state index contributed by atoms with van der Waals surface area (Å²) in [5.41, 5.74) is 1.16. The van der Waals surface area contributed by atoms with E-state index in [2.05, 4.69) is 5.32 Å². The Morgan fingerprint density at radius 1 is 0.963 bits per heavy atom. The van der Waals surface area contributed by atoms with Crippen LogP contribution in [0, 0.1) is 5.92 Å². The van der Waals surface area contributed by atoms with Gasteiger partial charge in [0.05, 0.1) is 18.1 Å². The highest BCUT2D eigenvalue weighted by molar-refractivity contribution is 5.87. The number of aliphatic carboxylic acids is 1. The molecule has 2 aromatic rings. The number of hydrogen-bond donors (Lipinski definition) is 3. The summed E-state index contributed by atoms with van der Waals surface area (Å²) < 4.78 is 11.0. The van der Waals surface area contributed by atoms with Crippen molar-refractivity contribution in [3.05, 3.63) is 54.1 Å². The van der Waals surface area contributed by atoms with E-state index >= 15 is 0 Å². The third kappa shape index (κ3) is 6.89. The van der Waals surface area contributed by atoms with Gasteiger partial charge in [-0.15, -0.1) is 0 Å². The molecule has 0 heterocycles. The molecule has 0 spiro atoms. The van der Waals surface area contributed by atoms with Gasteiger partial charge in [0.2, 0.25) is 0 Å². The van der Waals surface area contributed by atoms with Gasteiger partial charge >= 0.3 is 11.9 Å². The molecule has 0 aliphatic rings. The number of nitrogens with one attached hydrogen (secondary N) is 1. The molecule has 1 atom stereocenters. The second-order valence-electron chi connectivity index (χ2n) is 6.03. The molecule has 2 rings (SSSR count). The average Bonchev–Trinajstić information content (AvgIpc) is 2.67. The van der Waals surface area contributed by atoms with Gasteiger partial charge in [-0.1, -0.05) is 0 Å². The first-order valence-corrected chi connectivity index (χ1v) is 8.61. The Hall–Kier alpha value is -3.22. The van der Waals surface area contributed by atoms with E-state index < -0.39 is 17.9 Å². The first kappa shape index (κ1) is 20.1. The molecule has 7 heteroatoms. The zero-order valence-corrected chi connectivity index (χ0v) is 15.1. The Morgan fingerprint density at radius 2 is 1.56 bits per heavy atom. The molecule has 3 N–H and O–H groups in total. The number of carboxylic acid groups (broad SMARTS) is 2. The first-order chi connectivity index (χ1) is 13.0. The van der Waals surface area contributed by atoms with E-state index in [9.17, 15) is 9.59 Å². The Labute approximate surface area is 157 Å². The maximum atomic E-state index is 10.8. The van der Waals surface area contributed by atoms with Crippen LogP contribution in [-0.4, -0.2) is 41.9 Å². The Balaban J connectivity index is 1.65. The van der Waals surface area contributed by atoms with Crippen molar-refractivity contribution in [1.29, 1.82) is 0 Å². The van der Waals surface area contributed by atoms with Crippen LogP contribution in [0.3, 0.4) is 0 Å². The minimum absolute atomic E-state index is 0.132. The molecule has 0 aromatic heterocycles. The SMILES string of the molecule is CC(COc1ccc(NCCCOc2ccc(C(=O)O)cc2)cc1)C(=O)O. The van der Waals surface area contributed by atoms with Gasteiger partial charge in [0, 0.05) is 12.2 Å². The van der Waals surface area contributed by atoms with Crippen LogP contribution in [0.25, 0.3) is 0 Å². The minimum Gasteiger partial charge on any atom is -0.494 e. The Morgan fingerprint density at radius 3 is 2.15 bits per heavy atom. The van der Waals surface area contributed by atoms with E-state index in [1.807, 2.05) is 12.1 Å². The number of benzene rings is 2. The van der Waals surface area contributed by atoms with Crippen LogP contribution in [0.1, 0.15) is 23.7 Å². The van der Waals surface area contributed by atoms with Gasteiger partial charge in [-0.2, -0.15) is 0 Å². The molecule has 0 bridgehead atoms. The van der Waals surface area contributed by atoms with Gasteiger partial charge in [-0.05, 0) is 61.9 Å². The van der Waals surface area contributed by atoms with Crippen molar-refractivity contribution in [2.75, 3.05) is 25.1 Å². The lowest BCUT2D eigenvalue weighted by Crippen LogP contribution is -2.17. The summed E-state index contributed by atoms with van der Waals surface area (Å²) in [6.45, 7) is 2.95. The van der Waals surface area contributed by atoms with Gasteiger partial charge in [0.15, 0.2) is 0 Å². The number of carbonyl (C=O) groups is 2. The zero-order chi connectivity index (χ0) is 19.6. The maximum Gasteiger partial charge on any atom is 0.335 e. The lowest BCUT2D eigenvalue weighted by molar-refractivity contribution is -0.142. The fraction of sp³-hybridized carbons (Fsp3) is 0.300. The van der Waals surface area contributed by atoms with Crippen LogP contribution in [-0.2, 0) is 4.79 Å². The van der Waals surface area contributed by atoms with E-state index in [4.69, 9.17) is 19.7 Å². The molecule has 144 valence electrons. The summed E-state index contributed by atoms with van der Waals surface area (Å²) in [5.74, 6) is -1.13. The van der Waals surface area contributed by atoms with E-state index in [0.29, 0.717) is 24.7 Å². The smallest absolute Gasteiger partial charge is 0.335 e. The van der Waals surface area contributed by atoms with Gasteiger partial charge in [-0.3, -0.25) is 4.79 Å². The topological polar surface area (TPSA) is 105 Å². The van der Waals surface area contributed by atoms with Crippen molar-refractivity contribution < 1.29 is 29.3 Å². The fourth-order valence-corrected chi connectivity index (χ4v) is 2.15. The van der Waals surface area contributed by atoms with Crippen molar-refractivity contribution in [3.63, 3.8) is 0 Å².